The van der Waals surface area contributed by atoms with Crippen LogP contribution in [0.15, 0.2) is 53.1 Å². The monoisotopic (exact) mass is 461 g/mol. The molecule has 10 heteroatoms. The molecule has 1 heterocycles. The highest BCUT2D eigenvalue weighted by atomic mass is 19.4. The molecule has 33 heavy (non-hydrogen) atoms. The lowest BCUT2D eigenvalue weighted by Crippen LogP contribution is -2.22. The fourth-order valence-electron chi connectivity index (χ4n) is 3.87. The van der Waals surface area contributed by atoms with E-state index in [0.717, 1.165) is 36.9 Å². The zero-order valence-corrected chi connectivity index (χ0v) is 17.8. The molecule has 1 fully saturated rings. The van der Waals surface area contributed by atoms with Crippen LogP contribution in [0.3, 0.4) is 0 Å². The summed E-state index contributed by atoms with van der Waals surface area (Å²) < 4.78 is 50.9. The molecular weight excluding hydrogens is 439 g/mol. The Balaban J connectivity index is 1.35. The normalized spacial score (nSPS) is 18.5. The third-order valence-corrected chi connectivity index (χ3v) is 5.57. The van der Waals surface area contributed by atoms with E-state index in [1.165, 1.54) is 31.4 Å². The third-order valence-electron chi connectivity index (χ3n) is 5.57. The summed E-state index contributed by atoms with van der Waals surface area (Å²) in [6.07, 6.45) is -1.67. The van der Waals surface area contributed by atoms with Crippen molar-refractivity contribution in [2.45, 2.75) is 38.0 Å². The van der Waals surface area contributed by atoms with Crippen LogP contribution in [-0.4, -0.2) is 29.6 Å². The Bertz CT molecular complexity index is 1070. The minimum Gasteiger partial charge on any atom is -0.469 e. The number of rotatable bonds is 6. The number of anilines is 2. The lowest BCUT2D eigenvalue weighted by molar-refractivity contribution is -0.274. The van der Waals surface area contributed by atoms with Crippen LogP contribution >= 0.6 is 0 Å². The van der Waals surface area contributed by atoms with Crippen molar-refractivity contribution in [3.8, 4) is 17.1 Å². The van der Waals surface area contributed by atoms with Gasteiger partial charge in [-0.1, -0.05) is 5.16 Å². The topological polar surface area (TPSA) is 86.5 Å². The van der Waals surface area contributed by atoms with E-state index < -0.39 is 6.36 Å². The molecule has 0 saturated heterocycles. The molecule has 1 N–H and O–H groups in total. The number of nitrogens with zero attached hydrogens (tertiary/aromatic N) is 2. The van der Waals surface area contributed by atoms with Crippen LogP contribution in [0.4, 0.5) is 24.5 Å². The molecular formula is C23H22F3N3O4. The van der Waals surface area contributed by atoms with Crippen molar-refractivity contribution in [3.63, 3.8) is 0 Å². The van der Waals surface area contributed by atoms with Gasteiger partial charge in [0.2, 0.25) is 11.7 Å². The van der Waals surface area contributed by atoms with E-state index >= 15 is 0 Å². The summed E-state index contributed by atoms with van der Waals surface area (Å²) in [6, 6.07) is 12.7. The molecule has 4 rings (SSSR count). The maximum absolute atomic E-state index is 12.3. The first kappa shape index (κ1) is 22.6. The molecule has 0 aliphatic heterocycles. The van der Waals surface area contributed by atoms with Gasteiger partial charge in [0, 0.05) is 22.9 Å². The summed E-state index contributed by atoms with van der Waals surface area (Å²) in [5, 5.41) is 7.19. The van der Waals surface area contributed by atoms with Gasteiger partial charge in [-0.15, -0.1) is 13.2 Å². The largest absolute Gasteiger partial charge is 0.573 e. The molecule has 0 bridgehead atoms. The van der Waals surface area contributed by atoms with Crippen molar-refractivity contribution in [3.05, 3.63) is 54.4 Å². The van der Waals surface area contributed by atoms with Crippen molar-refractivity contribution in [2.75, 3.05) is 12.4 Å². The minimum absolute atomic E-state index is 0.0675. The Morgan fingerprint density at radius 3 is 2.18 bits per heavy atom. The number of carbonyl (C=O) groups excluding carboxylic acids is 1. The third kappa shape index (κ3) is 5.82. The number of methoxy groups -OCH3 is 1. The molecule has 1 saturated carbocycles. The second-order valence-corrected chi connectivity index (χ2v) is 7.80. The Morgan fingerprint density at radius 2 is 1.61 bits per heavy atom. The second kappa shape index (κ2) is 9.51. The van der Waals surface area contributed by atoms with Gasteiger partial charge in [0.05, 0.1) is 13.0 Å². The molecule has 0 unspecified atom stereocenters. The highest BCUT2D eigenvalue weighted by molar-refractivity contribution is 5.72. The Hall–Kier alpha value is -3.56. The van der Waals surface area contributed by atoms with Gasteiger partial charge in [0.1, 0.15) is 5.75 Å². The van der Waals surface area contributed by atoms with Crippen LogP contribution in [-0.2, 0) is 9.53 Å². The summed E-state index contributed by atoms with van der Waals surface area (Å²) in [4.78, 5) is 16.2. The van der Waals surface area contributed by atoms with Gasteiger partial charge < -0.3 is 19.3 Å². The van der Waals surface area contributed by atoms with E-state index in [4.69, 9.17) is 9.26 Å². The molecule has 1 aromatic heterocycles. The number of nitrogens with one attached hydrogen (secondary N) is 1. The summed E-state index contributed by atoms with van der Waals surface area (Å²) in [5.74, 6) is 0.644. The molecule has 0 atom stereocenters. The quantitative estimate of drug-likeness (QED) is 0.463. The summed E-state index contributed by atoms with van der Waals surface area (Å²) >= 11 is 0. The van der Waals surface area contributed by atoms with E-state index in [9.17, 15) is 18.0 Å². The number of halogens is 3. The zero-order valence-electron chi connectivity index (χ0n) is 17.8. The first-order valence-corrected chi connectivity index (χ1v) is 10.5. The molecule has 0 amide bonds. The first-order chi connectivity index (χ1) is 15.8. The standard InChI is InChI=1S/C23H22F3N3O4/c1-31-22(30)16-4-2-15(3-5-16)21-28-20(29-33-21)14-6-8-17(9-7-14)27-18-10-12-19(13-11-18)32-23(24,25)26/h6-13,15-16,27H,2-5H2,1H3/t15-,16-. The lowest BCUT2D eigenvalue weighted by Gasteiger charge is -2.24. The molecule has 174 valence electrons. The molecule has 3 aromatic rings. The molecule has 2 aromatic carbocycles. The zero-order chi connectivity index (χ0) is 23.4. The Labute approximate surface area is 187 Å². The van der Waals surface area contributed by atoms with Crippen molar-refractivity contribution in [1.82, 2.24) is 10.1 Å². The molecule has 0 spiro atoms. The lowest BCUT2D eigenvalue weighted by atomic mass is 9.82. The maximum Gasteiger partial charge on any atom is 0.573 e. The predicted octanol–water partition coefficient (Wildman–Crippen LogP) is 5.83. The van der Waals surface area contributed by atoms with Gasteiger partial charge in [-0.2, -0.15) is 4.98 Å². The van der Waals surface area contributed by atoms with E-state index in [1.54, 1.807) is 0 Å². The Morgan fingerprint density at radius 1 is 1.00 bits per heavy atom. The van der Waals surface area contributed by atoms with Crippen LogP contribution in [0, 0.1) is 5.92 Å². The van der Waals surface area contributed by atoms with Gasteiger partial charge in [-0.3, -0.25) is 4.79 Å². The van der Waals surface area contributed by atoms with E-state index in [-0.39, 0.29) is 23.6 Å². The van der Waals surface area contributed by atoms with Crippen LogP contribution < -0.4 is 10.1 Å². The van der Waals surface area contributed by atoms with Crippen molar-refractivity contribution in [1.29, 1.82) is 0 Å². The van der Waals surface area contributed by atoms with Gasteiger partial charge in [-0.25, -0.2) is 0 Å². The Kier molecular flexibility index (Phi) is 6.52. The summed E-state index contributed by atoms with van der Waals surface area (Å²) in [7, 11) is 1.41. The van der Waals surface area contributed by atoms with Crippen molar-refractivity contribution in [2.24, 2.45) is 5.92 Å². The maximum atomic E-state index is 12.3. The predicted molar refractivity (Wildman–Crippen MR) is 113 cm³/mol. The number of hydrogen-bond acceptors (Lipinski definition) is 7. The summed E-state index contributed by atoms with van der Waals surface area (Å²) in [5.41, 5.74) is 2.13. The van der Waals surface area contributed by atoms with Gasteiger partial charge >= 0.3 is 12.3 Å². The first-order valence-electron chi connectivity index (χ1n) is 10.5. The molecule has 0 radical (unpaired) electrons. The van der Waals surface area contributed by atoms with Crippen LogP contribution in [0.5, 0.6) is 5.75 Å². The van der Waals surface area contributed by atoms with Gasteiger partial charge in [-0.05, 0) is 74.2 Å². The van der Waals surface area contributed by atoms with Crippen molar-refractivity contribution < 1.29 is 32.0 Å². The second-order valence-electron chi connectivity index (χ2n) is 7.80. The number of carbonyl (C=O) groups is 1. The van der Waals surface area contributed by atoms with E-state index in [0.29, 0.717) is 17.4 Å². The number of benzene rings is 2. The van der Waals surface area contributed by atoms with Crippen molar-refractivity contribution >= 4 is 17.3 Å². The average Bonchev–Trinajstić information content (AvgIpc) is 3.30. The van der Waals surface area contributed by atoms with E-state index in [1.807, 2.05) is 24.3 Å². The van der Waals surface area contributed by atoms with E-state index in [2.05, 4.69) is 20.2 Å². The number of hydrogen-bond donors (Lipinski definition) is 1. The molecule has 1 aliphatic rings. The number of esters is 1. The minimum atomic E-state index is -4.72. The molecule has 1 aliphatic carbocycles. The number of alkyl halides is 3. The number of ether oxygens (including phenoxy) is 2. The number of aromatic nitrogens is 2. The summed E-state index contributed by atoms with van der Waals surface area (Å²) in [6.45, 7) is 0. The molecule has 7 nitrogen and oxygen atoms in total. The van der Waals surface area contributed by atoms with Crippen LogP contribution in [0.25, 0.3) is 11.4 Å². The van der Waals surface area contributed by atoms with Gasteiger partial charge in [0.15, 0.2) is 0 Å². The smallest absolute Gasteiger partial charge is 0.469 e. The SMILES string of the molecule is COC(=O)[C@H]1CC[C@H](c2nc(-c3ccc(Nc4ccc(OC(F)(F)F)cc4)cc3)no2)CC1. The highest BCUT2D eigenvalue weighted by Crippen LogP contribution is 2.36. The highest BCUT2D eigenvalue weighted by Gasteiger charge is 2.31. The fraction of sp³-hybridized carbons (Fsp3) is 0.348. The van der Waals surface area contributed by atoms with Crippen LogP contribution in [0.2, 0.25) is 0 Å². The average molecular weight is 461 g/mol. The van der Waals surface area contributed by atoms with Crippen LogP contribution in [0.1, 0.15) is 37.5 Å². The fourth-order valence-corrected chi connectivity index (χ4v) is 3.87. The van der Waals surface area contributed by atoms with Gasteiger partial charge in [0.25, 0.3) is 0 Å².